The summed E-state index contributed by atoms with van der Waals surface area (Å²) < 4.78 is 5.74. The van der Waals surface area contributed by atoms with Crippen LogP contribution in [0.2, 0.25) is 0 Å². The van der Waals surface area contributed by atoms with Crippen molar-refractivity contribution in [3.8, 4) is 17.0 Å². The van der Waals surface area contributed by atoms with Crippen molar-refractivity contribution in [2.24, 2.45) is 0 Å². The minimum Gasteiger partial charge on any atom is -0.494 e. The van der Waals surface area contributed by atoms with Crippen molar-refractivity contribution in [1.82, 2.24) is 4.98 Å². The van der Waals surface area contributed by atoms with E-state index in [1.54, 1.807) is 18.2 Å². The van der Waals surface area contributed by atoms with E-state index in [1.165, 1.54) is 12.1 Å². The van der Waals surface area contributed by atoms with Gasteiger partial charge in [-0.2, -0.15) is 0 Å². The molecule has 0 bridgehead atoms. The number of nitrogens with one attached hydrogen (secondary N) is 1. The lowest BCUT2D eigenvalue weighted by molar-refractivity contribution is 0.0696. The van der Waals surface area contributed by atoms with Gasteiger partial charge in [0.1, 0.15) is 5.75 Å². The number of carboxylic acids is 1. The topological polar surface area (TPSA) is 88.5 Å². The van der Waals surface area contributed by atoms with Gasteiger partial charge in [0.25, 0.3) is 5.91 Å². The number of hydrogen-bond acceptors (Lipinski definition) is 4. The molecule has 0 aliphatic rings. The normalized spacial score (nSPS) is 10.7. The highest BCUT2D eigenvalue weighted by Crippen LogP contribution is 2.27. The number of anilines is 1. The lowest BCUT2D eigenvalue weighted by Crippen LogP contribution is -2.13. The van der Waals surface area contributed by atoms with Gasteiger partial charge >= 0.3 is 5.97 Å². The van der Waals surface area contributed by atoms with E-state index < -0.39 is 5.97 Å². The van der Waals surface area contributed by atoms with E-state index in [2.05, 4.69) is 12.2 Å². The Morgan fingerprint density at radius 2 is 1.70 bits per heavy atom. The number of carbonyl (C=O) groups is 2. The Kier molecular flexibility index (Phi) is 6.64. The van der Waals surface area contributed by atoms with Crippen LogP contribution < -0.4 is 10.1 Å². The zero-order valence-electron chi connectivity index (χ0n) is 18.2. The number of carboxylic acid groups (broad SMARTS) is 1. The van der Waals surface area contributed by atoms with Crippen molar-refractivity contribution in [2.75, 3.05) is 11.9 Å². The van der Waals surface area contributed by atoms with E-state index in [-0.39, 0.29) is 11.5 Å². The van der Waals surface area contributed by atoms with E-state index in [0.29, 0.717) is 29.1 Å². The van der Waals surface area contributed by atoms with E-state index in [0.717, 1.165) is 29.5 Å². The average molecular weight is 440 g/mol. The first-order valence-electron chi connectivity index (χ1n) is 10.8. The Balaban J connectivity index is 1.64. The summed E-state index contributed by atoms with van der Waals surface area (Å²) in [5.74, 6) is -0.507. The molecule has 0 saturated carbocycles. The molecule has 1 amide bonds. The smallest absolute Gasteiger partial charge is 0.335 e. The number of rotatable bonds is 8. The lowest BCUT2D eigenvalue weighted by atomic mass is 10.0. The number of benzene rings is 3. The first kappa shape index (κ1) is 22.0. The van der Waals surface area contributed by atoms with Crippen LogP contribution in [0.15, 0.2) is 78.9 Å². The maximum atomic E-state index is 13.2. The Hall–Kier alpha value is -4.19. The number of unbranched alkanes of at least 4 members (excludes halogenated alkanes) is 1. The fourth-order valence-corrected chi connectivity index (χ4v) is 3.46. The van der Waals surface area contributed by atoms with E-state index in [1.807, 2.05) is 48.5 Å². The molecule has 0 fully saturated rings. The average Bonchev–Trinajstić information content (AvgIpc) is 2.84. The van der Waals surface area contributed by atoms with Crippen molar-refractivity contribution in [1.29, 1.82) is 0 Å². The molecule has 0 spiro atoms. The second-order valence-corrected chi connectivity index (χ2v) is 7.64. The summed E-state index contributed by atoms with van der Waals surface area (Å²) in [5.41, 5.74) is 3.43. The number of aromatic carboxylic acids is 1. The Morgan fingerprint density at radius 3 is 2.39 bits per heavy atom. The van der Waals surface area contributed by atoms with E-state index in [9.17, 15) is 9.59 Å². The molecule has 33 heavy (non-hydrogen) atoms. The summed E-state index contributed by atoms with van der Waals surface area (Å²) in [5, 5.41) is 12.7. The standard InChI is InChI=1S/C27H24N2O4/c1-2-3-16-33-21-14-10-18(11-15-21)25-17-23(22-6-4-5-7-24(22)29-25)26(30)28-20-12-8-19(9-13-20)27(31)32/h4-15,17H,2-3,16H2,1H3,(H,28,30)(H,31,32). The van der Waals surface area contributed by atoms with Crippen molar-refractivity contribution in [3.63, 3.8) is 0 Å². The number of pyridine rings is 1. The third-order valence-corrected chi connectivity index (χ3v) is 5.27. The van der Waals surface area contributed by atoms with Gasteiger partial charge in [0.2, 0.25) is 0 Å². The molecule has 4 aromatic rings. The number of amides is 1. The molecule has 0 aliphatic heterocycles. The molecule has 6 nitrogen and oxygen atoms in total. The summed E-state index contributed by atoms with van der Waals surface area (Å²) in [4.78, 5) is 29.0. The van der Waals surface area contributed by atoms with Crippen LogP contribution in [0.4, 0.5) is 5.69 Å². The summed E-state index contributed by atoms with van der Waals surface area (Å²) in [6.07, 6.45) is 2.08. The summed E-state index contributed by atoms with van der Waals surface area (Å²) in [6, 6.07) is 23.0. The first-order chi connectivity index (χ1) is 16.0. The number of ether oxygens (including phenoxy) is 1. The SMILES string of the molecule is CCCCOc1ccc(-c2cc(C(=O)Nc3ccc(C(=O)O)cc3)c3ccccc3n2)cc1. The van der Waals surface area contributed by atoms with Crippen LogP contribution in [-0.2, 0) is 0 Å². The van der Waals surface area contributed by atoms with Gasteiger partial charge in [-0.3, -0.25) is 4.79 Å². The second kappa shape index (κ2) is 9.96. The van der Waals surface area contributed by atoms with E-state index >= 15 is 0 Å². The molecule has 166 valence electrons. The quantitative estimate of drug-likeness (QED) is 0.327. The summed E-state index contributed by atoms with van der Waals surface area (Å²) in [6.45, 7) is 2.80. The van der Waals surface area contributed by atoms with Crippen LogP contribution in [0.3, 0.4) is 0 Å². The highest BCUT2D eigenvalue weighted by molar-refractivity contribution is 6.13. The predicted molar refractivity (Wildman–Crippen MR) is 129 cm³/mol. The highest BCUT2D eigenvalue weighted by atomic mass is 16.5. The monoisotopic (exact) mass is 440 g/mol. The van der Waals surface area contributed by atoms with Gasteiger partial charge in [-0.05, 0) is 67.1 Å². The van der Waals surface area contributed by atoms with Crippen molar-refractivity contribution in [3.05, 3.63) is 90.0 Å². The fourth-order valence-electron chi connectivity index (χ4n) is 3.46. The molecule has 1 heterocycles. The van der Waals surface area contributed by atoms with Crippen LogP contribution in [0, 0.1) is 0 Å². The minimum atomic E-state index is -1.01. The summed E-state index contributed by atoms with van der Waals surface area (Å²) in [7, 11) is 0. The molecule has 0 unspecified atom stereocenters. The zero-order chi connectivity index (χ0) is 23.2. The number of fused-ring (bicyclic) bond motifs is 1. The number of para-hydroxylation sites is 1. The van der Waals surface area contributed by atoms with Crippen molar-refractivity contribution >= 4 is 28.5 Å². The zero-order valence-corrected chi connectivity index (χ0v) is 18.2. The molecule has 0 radical (unpaired) electrons. The molecular weight excluding hydrogens is 416 g/mol. The maximum absolute atomic E-state index is 13.2. The minimum absolute atomic E-state index is 0.159. The Morgan fingerprint density at radius 1 is 0.970 bits per heavy atom. The third kappa shape index (κ3) is 5.18. The molecule has 1 aromatic heterocycles. The van der Waals surface area contributed by atoms with Gasteiger partial charge in [-0.15, -0.1) is 0 Å². The van der Waals surface area contributed by atoms with Gasteiger partial charge in [0.05, 0.1) is 28.9 Å². The molecular formula is C27H24N2O4. The largest absolute Gasteiger partial charge is 0.494 e. The van der Waals surface area contributed by atoms with Crippen LogP contribution in [0.25, 0.3) is 22.2 Å². The number of aromatic nitrogens is 1. The Bertz CT molecular complexity index is 1280. The van der Waals surface area contributed by atoms with Gasteiger partial charge < -0.3 is 15.2 Å². The van der Waals surface area contributed by atoms with Crippen LogP contribution in [0.1, 0.15) is 40.5 Å². The molecule has 3 aromatic carbocycles. The maximum Gasteiger partial charge on any atom is 0.335 e. The van der Waals surface area contributed by atoms with Gasteiger partial charge in [0, 0.05) is 16.6 Å². The second-order valence-electron chi connectivity index (χ2n) is 7.64. The van der Waals surface area contributed by atoms with Gasteiger partial charge in [-0.1, -0.05) is 31.5 Å². The molecule has 0 aliphatic carbocycles. The van der Waals surface area contributed by atoms with Crippen LogP contribution in [-0.4, -0.2) is 28.6 Å². The summed E-state index contributed by atoms with van der Waals surface area (Å²) >= 11 is 0. The number of hydrogen-bond donors (Lipinski definition) is 2. The third-order valence-electron chi connectivity index (χ3n) is 5.27. The molecule has 0 atom stereocenters. The lowest BCUT2D eigenvalue weighted by Gasteiger charge is -2.11. The first-order valence-corrected chi connectivity index (χ1v) is 10.8. The molecule has 6 heteroatoms. The molecule has 0 saturated heterocycles. The van der Waals surface area contributed by atoms with Crippen LogP contribution in [0.5, 0.6) is 5.75 Å². The number of carbonyl (C=O) groups excluding carboxylic acids is 1. The Labute approximate surface area is 191 Å². The van der Waals surface area contributed by atoms with Gasteiger partial charge in [-0.25, -0.2) is 9.78 Å². The van der Waals surface area contributed by atoms with Crippen LogP contribution >= 0.6 is 0 Å². The fraction of sp³-hybridized carbons (Fsp3) is 0.148. The highest BCUT2D eigenvalue weighted by Gasteiger charge is 2.15. The number of nitrogens with zero attached hydrogens (tertiary/aromatic N) is 1. The predicted octanol–water partition coefficient (Wildman–Crippen LogP) is 6.03. The van der Waals surface area contributed by atoms with Crippen molar-refractivity contribution in [2.45, 2.75) is 19.8 Å². The molecule has 4 rings (SSSR count). The van der Waals surface area contributed by atoms with E-state index in [4.69, 9.17) is 14.8 Å². The molecule has 2 N–H and O–H groups in total. The van der Waals surface area contributed by atoms with Crippen molar-refractivity contribution < 1.29 is 19.4 Å². The van der Waals surface area contributed by atoms with Gasteiger partial charge in [0.15, 0.2) is 0 Å².